The van der Waals surface area contributed by atoms with E-state index in [4.69, 9.17) is 4.42 Å². The van der Waals surface area contributed by atoms with E-state index >= 15 is 0 Å². The van der Waals surface area contributed by atoms with Crippen LogP contribution >= 0.6 is 0 Å². The molecule has 2 aliphatic heterocycles. The first kappa shape index (κ1) is 18.4. The summed E-state index contributed by atoms with van der Waals surface area (Å²) in [6, 6.07) is 3.32. The third-order valence-electron chi connectivity index (χ3n) is 5.13. The van der Waals surface area contributed by atoms with Crippen molar-refractivity contribution >= 4 is 17.7 Å². The smallest absolute Gasteiger partial charge is 0.289 e. The van der Waals surface area contributed by atoms with Crippen molar-refractivity contribution in [1.29, 1.82) is 0 Å². The minimum atomic E-state index is -0.160. The normalized spacial score (nSPS) is 18.9. The van der Waals surface area contributed by atoms with E-state index in [-0.39, 0.29) is 24.1 Å². The van der Waals surface area contributed by atoms with Crippen LogP contribution in [-0.2, 0) is 9.59 Å². The quantitative estimate of drug-likeness (QED) is 0.711. The molecule has 0 saturated carbocycles. The van der Waals surface area contributed by atoms with Crippen LogP contribution in [0.25, 0.3) is 0 Å². The van der Waals surface area contributed by atoms with Gasteiger partial charge in [-0.1, -0.05) is 6.92 Å². The molecule has 2 fully saturated rings. The number of likely N-dealkylation sites (N-methyl/N-ethyl adjacent to an activating group) is 1. The molecular weight excluding hydrogens is 336 g/mol. The molecule has 1 aromatic heterocycles. The molecule has 142 valence electrons. The lowest BCUT2D eigenvalue weighted by Gasteiger charge is -2.36. The van der Waals surface area contributed by atoms with Gasteiger partial charge in [0.2, 0.25) is 11.8 Å². The highest BCUT2D eigenvalue weighted by molar-refractivity contribution is 5.97. The van der Waals surface area contributed by atoms with E-state index in [0.29, 0.717) is 45.0 Å². The first-order valence-electron chi connectivity index (χ1n) is 9.19. The minimum absolute atomic E-state index is 0.0851. The molecule has 1 aromatic rings. The minimum Gasteiger partial charge on any atom is -0.459 e. The number of carbonyl (C=O) groups is 3. The van der Waals surface area contributed by atoms with Gasteiger partial charge in [0.1, 0.15) is 6.42 Å². The van der Waals surface area contributed by atoms with Gasteiger partial charge in [0, 0.05) is 52.4 Å². The zero-order chi connectivity index (χ0) is 18.5. The van der Waals surface area contributed by atoms with Crippen molar-refractivity contribution in [1.82, 2.24) is 19.6 Å². The van der Waals surface area contributed by atoms with Crippen LogP contribution in [0.1, 0.15) is 23.9 Å². The fraction of sp³-hybridized carbons (Fsp3) is 0.611. The van der Waals surface area contributed by atoms with Gasteiger partial charge in [-0.05, 0) is 18.7 Å². The largest absolute Gasteiger partial charge is 0.459 e. The first-order chi connectivity index (χ1) is 12.6. The number of hydrogen-bond donors (Lipinski definition) is 0. The number of piperazine rings is 2. The molecule has 0 bridgehead atoms. The van der Waals surface area contributed by atoms with E-state index in [2.05, 4.69) is 11.8 Å². The topological polar surface area (TPSA) is 77.3 Å². The van der Waals surface area contributed by atoms with Gasteiger partial charge in [0.25, 0.3) is 5.91 Å². The van der Waals surface area contributed by atoms with Crippen LogP contribution < -0.4 is 0 Å². The van der Waals surface area contributed by atoms with Crippen LogP contribution in [0, 0.1) is 0 Å². The maximum atomic E-state index is 12.4. The van der Waals surface area contributed by atoms with Crippen LogP contribution in [0.5, 0.6) is 0 Å². The number of nitrogens with zero attached hydrogens (tertiary/aromatic N) is 4. The van der Waals surface area contributed by atoms with E-state index in [1.165, 1.54) is 6.26 Å². The zero-order valence-electron chi connectivity index (χ0n) is 15.2. The van der Waals surface area contributed by atoms with Crippen molar-refractivity contribution in [3.05, 3.63) is 24.2 Å². The van der Waals surface area contributed by atoms with Gasteiger partial charge in [-0.3, -0.25) is 14.4 Å². The summed E-state index contributed by atoms with van der Waals surface area (Å²) >= 11 is 0. The number of rotatable bonds is 4. The van der Waals surface area contributed by atoms with Crippen LogP contribution in [0.3, 0.4) is 0 Å². The van der Waals surface area contributed by atoms with Crippen LogP contribution in [0.2, 0.25) is 0 Å². The lowest BCUT2D eigenvalue weighted by molar-refractivity contribution is -0.142. The van der Waals surface area contributed by atoms with Gasteiger partial charge in [-0.25, -0.2) is 0 Å². The molecule has 3 rings (SSSR count). The molecule has 0 atom stereocenters. The second kappa shape index (κ2) is 8.35. The van der Waals surface area contributed by atoms with E-state index in [1.54, 1.807) is 26.8 Å². The van der Waals surface area contributed by atoms with Crippen molar-refractivity contribution in [3.8, 4) is 0 Å². The lowest BCUT2D eigenvalue weighted by atomic mass is 10.2. The molecule has 8 heteroatoms. The van der Waals surface area contributed by atoms with Gasteiger partial charge in [0.15, 0.2) is 5.76 Å². The Hall–Kier alpha value is -2.35. The summed E-state index contributed by atoms with van der Waals surface area (Å²) in [6.45, 7) is 8.00. The van der Waals surface area contributed by atoms with E-state index < -0.39 is 0 Å². The summed E-state index contributed by atoms with van der Waals surface area (Å²) in [5.74, 6) is -0.101. The van der Waals surface area contributed by atoms with Crippen molar-refractivity contribution in [3.63, 3.8) is 0 Å². The fourth-order valence-corrected chi connectivity index (χ4v) is 3.38. The molecule has 0 N–H and O–H groups in total. The van der Waals surface area contributed by atoms with Gasteiger partial charge in [-0.15, -0.1) is 0 Å². The SMILES string of the molecule is CCN1CCN(C(=O)CC(=O)N2CCN(C(=O)c3ccco3)CC2)CC1. The third-order valence-corrected chi connectivity index (χ3v) is 5.13. The standard InChI is InChI=1S/C18H26N4O4/c1-2-19-5-7-20(8-6-19)16(23)14-17(24)21-9-11-22(12-10-21)18(25)15-4-3-13-26-15/h3-4,13H,2,5-12,14H2,1H3. The molecule has 2 aliphatic rings. The summed E-state index contributed by atoms with van der Waals surface area (Å²) in [6.07, 6.45) is 1.39. The first-order valence-corrected chi connectivity index (χ1v) is 9.19. The lowest BCUT2D eigenvalue weighted by Crippen LogP contribution is -2.52. The highest BCUT2D eigenvalue weighted by Crippen LogP contribution is 2.11. The molecule has 0 spiro atoms. The molecule has 8 nitrogen and oxygen atoms in total. The molecule has 0 aliphatic carbocycles. The van der Waals surface area contributed by atoms with E-state index in [1.807, 2.05) is 0 Å². The molecule has 3 amide bonds. The van der Waals surface area contributed by atoms with Crippen molar-refractivity contribution in [2.75, 3.05) is 58.9 Å². The van der Waals surface area contributed by atoms with Gasteiger partial charge < -0.3 is 24.0 Å². The Kier molecular flexibility index (Phi) is 5.92. The predicted octanol–water partition coefficient (Wildman–Crippen LogP) is 0.118. The Labute approximate surface area is 153 Å². The monoisotopic (exact) mass is 362 g/mol. The van der Waals surface area contributed by atoms with Gasteiger partial charge in [-0.2, -0.15) is 0 Å². The molecule has 2 saturated heterocycles. The summed E-state index contributed by atoms with van der Waals surface area (Å²) in [7, 11) is 0. The molecule has 3 heterocycles. The Morgan fingerprint density at radius 2 is 1.42 bits per heavy atom. The van der Waals surface area contributed by atoms with Gasteiger partial charge >= 0.3 is 0 Å². The van der Waals surface area contributed by atoms with E-state index in [0.717, 1.165) is 19.6 Å². The zero-order valence-corrected chi connectivity index (χ0v) is 15.2. The molecule has 0 unspecified atom stereocenters. The Morgan fingerprint density at radius 1 is 0.885 bits per heavy atom. The van der Waals surface area contributed by atoms with Crippen LogP contribution in [-0.4, -0.2) is 96.2 Å². The van der Waals surface area contributed by atoms with Crippen LogP contribution in [0.4, 0.5) is 0 Å². The highest BCUT2D eigenvalue weighted by Gasteiger charge is 2.28. The van der Waals surface area contributed by atoms with Crippen molar-refractivity contribution in [2.45, 2.75) is 13.3 Å². The summed E-state index contributed by atoms with van der Waals surface area (Å²) < 4.78 is 5.13. The Morgan fingerprint density at radius 3 is 1.92 bits per heavy atom. The Bertz CT molecular complexity index is 630. The second-order valence-electron chi connectivity index (χ2n) is 6.64. The highest BCUT2D eigenvalue weighted by atomic mass is 16.3. The number of carbonyl (C=O) groups excluding carboxylic acids is 3. The number of amides is 3. The summed E-state index contributed by atoms with van der Waals surface area (Å²) in [4.78, 5) is 44.4. The van der Waals surface area contributed by atoms with Crippen LogP contribution in [0.15, 0.2) is 22.8 Å². The average molecular weight is 362 g/mol. The third kappa shape index (κ3) is 4.24. The molecule has 26 heavy (non-hydrogen) atoms. The van der Waals surface area contributed by atoms with E-state index in [9.17, 15) is 14.4 Å². The molecular formula is C18H26N4O4. The fourth-order valence-electron chi connectivity index (χ4n) is 3.38. The number of hydrogen-bond acceptors (Lipinski definition) is 5. The average Bonchev–Trinajstić information content (AvgIpc) is 3.22. The Balaban J connectivity index is 1.43. The summed E-state index contributed by atoms with van der Waals surface area (Å²) in [5.41, 5.74) is 0. The maximum absolute atomic E-state index is 12.4. The maximum Gasteiger partial charge on any atom is 0.289 e. The molecule has 0 aromatic carbocycles. The predicted molar refractivity (Wildman–Crippen MR) is 94.5 cm³/mol. The van der Waals surface area contributed by atoms with Crippen molar-refractivity contribution in [2.24, 2.45) is 0 Å². The number of furan rings is 1. The molecule has 0 radical (unpaired) electrons. The van der Waals surface area contributed by atoms with Gasteiger partial charge in [0.05, 0.1) is 6.26 Å². The summed E-state index contributed by atoms with van der Waals surface area (Å²) in [5, 5.41) is 0. The van der Waals surface area contributed by atoms with Crippen molar-refractivity contribution < 1.29 is 18.8 Å². The second-order valence-corrected chi connectivity index (χ2v) is 6.64.